The summed E-state index contributed by atoms with van der Waals surface area (Å²) in [5.74, 6) is 0.0387. The van der Waals surface area contributed by atoms with E-state index in [1.54, 1.807) is 28.2 Å². The second-order valence-electron chi connectivity index (χ2n) is 7.21. The Morgan fingerprint density at radius 3 is 2.53 bits per heavy atom. The number of hydroxylamine groups is 1. The number of nitrogens with one attached hydrogen (secondary N) is 1. The van der Waals surface area contributed by atoms with Crippen molar-refractivity contribution < 1.29 is 10.0 Å². The molecule has 0 radical (unpaired) electrons. The topological polar surface area (TPSA) is 84.2 Å². The minimum Gasteiger partial charge on any atom is -0.292 e. The fraction of sp³-hybridized carbons (Fsp3) is 0.125. The molecule has 1 heterocycles. The van der Waals surface area contributed by atoms with E-state index in [1.165, 1.54) is 0 Å². The van der Waals surface area contributed by atoms with Gasteiger partial charge in [-0.15, -0.1) is 0 Å². The van der Waals surface area contributed by atoms with Crippen LogP contribution in [0.5, 0.6) is 0 Å². The number of hydrogen-bond acceptors (Lipinski definition) is 4. The van der Waals surface area contributed by atoms with Gasteiger partial charge < -0.3 is 0 Å². The number of nitrogens with zero attached hydrogens (tertiary/aromatic N) is 2. The Bertz CT molecular complexity index is 1310. The molecule has 4 rings (SSSR count). The number of carbonyl (C=O) groups is 1. The molecule has 6 heteroatoms. The Kier molecular flexibility index (Phi) is 5.16. The Morgan fingerprint density at radius 1 is 1.03 bits per heavy atom. The van der Waals surface area contributed by atoms with Crippen molar-refractivity contribution in [2.75, 3.05) is 0 Å². The molecule has 0 atom stereocenters. The molecular formula is C24H21N3O3. The molecule has 30 heavy (non-hydrogen) atoms. The number of amides is 1. The van der Waals surface area contributed by atoms with Crippen LogP contribution in [0.2, 0.25) is 0 Å². The standard InChI is InChI=1S/C24H21N3O3/c1-15-7-6-10-20-22(15)25-16(2)27(24(20)29)14-17-11-12-19(23(28)26-30)21(13-17)18-8-4-3-5-9-18/h3-13,30H,14H2,1-2H3,(H,26,28). The van der Waals surface area contributed by atoms with E-state index < -0.39 is 5.91 Å². The van der Waals surface area contributed by atoms with Gasteiger partial charge in [0.25, 0.3) is 11.5 Å². The first kappa shape index (κ1) is 19.5. The summed E-state index contributed by atoms with van der Waals surface area (Å²) in [6.45, 7) is 4.08. The van der Waals surface area contributed by atoms with Crippen LogP contribution in [0, 0.1) is 13.8 Å². The number of aryl methyl sites for hydroxylation is 2. The third kappa shape index (κ3) is 3.49. The average Bonchev–Trinajstić information content (AvgIpc) is 2.77. The Morgan fingerprint density at radius 2 is 1.80 bits per heavy atom. The molecule has 0 aliphatic heterocycles. The second-order valence-corrected chi connectivity index (χ2v) is 7.21. The zero-order valence-corrected chi connectivity index (χ0v) is 16.7. The first-order valence-electron chi connectivity index (χ1n) is 9.59. The van der Waals surface area contributed by atoms with Crippen molar-refractivity contribution in [1.29, 1.82) is 0 Å². The molecule has 0 spiro atoms. The van der Waals surface area contributed by atoms with Crippen LogP contribution in [0.3, 0.4) is 0 Å². The minimum atomic E-state index is -0.586. The summed E-state index contributed by atoms with van der Waals surface area (Å²) in [4.78, 5) is 29.9. The molecule has 0 aliphatic rings. The van der Waals surface area contributed by atoms with Crippen molar-refractivity contribution >= 4 is 16.8 Å². The molecule has 0 fully saturated rings. The molecule has 4 aromatic rings. The van der Waals surface area contributed by atoms with Gasteiger partial charge in [-0.05, 0) is 54.3 Å². The van der Waals surface area contributed by atoms with E-state index in [0.29, 0.717) is 28.9 Å². The van der Waals surface area contributed by atoms with Gasteiger partial charge in [0.2, 0.25) is 0 Å². The number of carbonyl (C=O) groups excluding carboxylic acids is 1. The highest BCUT2D eigenvalue weighted by Crippen LogP contribution is 2.26. The summed E-state index contributed by atoms with van der Waals surface area (Å²) in [5, 5.41) is 9.69. The Labute approximate surface area is 173 Å². The van der Waals surface area contributed by atoms with E-state index >= 15 is 0 Å². The highest BCUT2D eigenvalue weighted by atomic mass is 16.5. The van der Waals surface area contributed by atoms with Crippen molar-refractivity contribution in [2.45, 2.75) is 20.4 Å². The van der Waals surface area contributed by atoms with Gasteiger partial charge >= 0.3 is 0 Å². The summed E-state index contributed by atoms with van der Waals surface area (Å²) >= 11 is 0. The van der Waals surface area contributed by atoms with Gasteiger partial charge in [0.1, 0.15) is 5.82 Å². The smallest absolute Gasteiger partial charge is 0.275 e. The average molecular weight is 399 g/mol. The number of rotatable bonds is 4. The molecule has 0 aliphatic carbocycles. The highest BCUT2D eigenvalue weighted by Gasteiger charge is 2.15. The van der Waals surface area contributed by atoms with Crippen LogP contribution in [-0.2, 0) is 6.54 Å². The maximum Gasteiger partial charge on any atom is 0.275 e. The molecule has 1 amide bonds. The van der Waals surface area contributed by atoms with Crippen LogP contribution in [0.4, 0.5) is 0 Å². The monoisotopic (exact) mass is 399 g/mol. The lowest BCUT2D eigenvalue weighted by Crippen LogP contribution is -2.25. The fourth-order valence-electron chi connectivity index (χ4n) is 3.67. The van der Waals surface area contributed by atoms with Crippen molar-refractivity contribution in [3.05, 3.63) is 99.6 Å². The van der Waals surface area contributed by atoms with Crippen LogP contribution in [0.25, 0.3) is 22.0 Å². The van der Waals surface area contributed by atoms with E-state index in [0.717, 1.165) is 22.2 Å². The maximum atomic E-state index is 13.1. The quantitative estimate of drug-likeness (QED) is 0.403. The van der Waals surface area contributed by atoms with Crippen molar-refractivity contribution in [3.63, 3.8) is 0 Å². The predicted octanol–water partition coefficient (Wildman–Crippen LogP) is 3.85. The molecule has 2 N–H and O–H groups in total. The summed E-state index contributed by atoms with van der Waals surface area (Å²) in [5.41, 5.74) is 6.00. The second kappa shape index (κ2) is 7.93. The van der Waals surface area contributed by atoms with Gasteiger partial charge in [0.05, 0.1) is 17.4 Å². The van der Waals surface area contributed by atoms with E-state index in [2.05, 4.69) is 4.98 Å². The number of hydrogen-bond donors (Lipinski definition) is 2. The molecule has 150 valence electrons. The third-order valence-electron chi connectivity index (χ3n) is 5.23. The van der Waals surface area contributed by atoms with Crippen LogP contribution >= 0.6 is 0 Å². The molecule has 0 saturated carbocycles. The van der Waals surface area contributed by atoms with Crippen molar-refractivity contribution in [1.82, 2.24) is 15.0 Å². The van der Waals surface area contributed by atoms with Gasteiger partial charge in [-0.2, -0.15) is 0 Å². The van der Waals surface area contributed by atoms with E-state index in [4.69, 9.17) is 5.21 Å². The Balaban J connectivity index is 1.83. The zero-order chi connectivity index (χ0) is 21.3. The maximum absolute atomic E-state index is 13.1. The SMILES string of the molecule is Cc1cccc2c(=O)n(Cc3ccc(C(=O)NO)c(-c4ccccc4)c3)c(C)nc12. The van der Waals surface area contributed by atoms with Gasteiger partial charge in [0.15, 0.2) is 0 Å². The molecular weight excluding hydrogens is 378 g/mol. The van der Waals surface area contributed by atoms with Crippen molar-refractivity contribution in [3.8, 4) is 11.1 Å². The molecule has 0 unspecified atom stereocenters. The number of para-hydroxylation sites is 1. The van der Waals surface area contributed by atoms with Crippen molar-refractivity contribution in [2.24, 2.45) is 0 Å². The van der Waals surface area contributed by atoms with E-state index in [1.807, 2.05) is 62.4 Å². The van der Waals surface area contributed by atoms with Crippen LogP contribution < -0.4 is 11.0 Å². The lowest BCUT2D eigenvalue weighted by Gasteiger charge is -2.14. The Hall–Kier alpha value is -3.77. The summed E-state index contributed by atoms with van der Waals surface area (Å²) in [6, 6.07) is 20.3. The lowest BCUT2D eigenvalue weighted by molar-refractivity contribution is 0.0707. The number of benzene rings is 3. The van der Waals surface area contributed by atoms with Gasteiger partial charge in [-0.3, -0.25) is 19.4 Å². The predicted molar refractivity (Wildman–Crippen MR) is 116 cm³/mol. The van der Waals surface area contributed by atoms with Crippen LogP contribution in [-0.4, -0.2) is 20.7 Å². The summed E-state index contributed by atoms with van der Waals surface area (Å²) < 4.78 is 1.64. The first-order valence-corrected chi connectivity index (χ1v) is 9.59. The number of aromatic nitrogens is 2. The van der Waals surface area contributed by atoms with Gasteiger partial charge in [0, 0.05) is 5.56 Å². The molecule has 1 aromatic heterocycles. The zero-order valence-electron chi connectivity index (χ0n) is 16.7. The third-order valence-corrected chi connectivity index (χ3v) is 5.23. The van der Waals surface area contributed by atoms with Crippen LogP contribution in [0.15, 0.2) is 71.5 Å². The summed E-state index contributed by atoms with van der Waals surface area (Å²) in [6.07, 6.45) is 0. The van der Waals surface area contributed by atoms with Crippen LogP contribution in [0.1, 0.15) is 27.3 Å². The largest absolute Gasteiger partial charge is 0.292 e. The highest BCUT2D eigenvalue weighted by molar-refractivity contribution is 6.00. The summed E-state index contributed by atoms with van der Waals surface area (Å²) in [7, 11) is 0. The van der Waals surface area contributed by atoms with E-state index in [-0.39, 0.29) is 5.56 Å². The lowest BCUT2D eigenvalue weighted by atomic mass is 9.96. The normalized spacial score (nSPS) is 10.9. The van der Waals surface area contributed by atoms with E-state index in [9.17, 15) is 9.59 Å². The fourth-order valence-corrected chi connectivity index (χ4v) is 3.67. The molecule has 0 saturated heterocycles. The van der Waals surface area contributed by atoms with Gasteiger partial charge in [-0.25, -0.2) is 10.5 Å². The van der Waals surface area contributed by atoms with Gasteiger partial charge in [-0.1, -0.05) is 48.5 Å². The minimum absolute atomic E-state index is 0.0976. The molecule has 3 aromatic carbocycles. The molecule has 6 nitrogen and oxygen atoms in total. The first-order chi connectivity index (χ1) is 14.5. The number of fused-ring (bicyclic) bond motifs is 1. The molecule has 0 bridgehead atoms.